The van der Waals surface area contributed by atoms with Crippen molar-refractivity contribution < 1.29 is 14.4 Å². The highest BCUT2D eigenvalue weighted by molar-refractivity contribution is 6.31. The molecule has 0 aliphatic carbocycles. The third kappa shape index (κ3) is 1.97. The van der Waals surface area contributed by atoms with Gasteiger partial charge in [0, 0.05) is 22.3 Å². The van der Waals surface area contributed by atoms with Crippen LogP contribution < -0.4 is 15.5 Å². The molecule has 136 valence electrons. The minimum Gasteiger partial charge on any atom is -0.324 e. The topological polar surface area (TPSA) is 78.5 Å². The van der Waals surface area contributed by atoms with Crippen molar-refractivity contribution in [3.8, 4) is 0 Å². The number of imide groups is 1. The van der Waals surface area contributed by atoms with Crippen molar-refractivity contribution in [3.05, 3.63) is 59.1 Å². The maximum atomic E-state index is 13.4. The van der Waals surface area contributed by atoms with E-state index in [1.807, 2.05) is 25.1 Å². The highest BCUT2D eigenvalue weighted by Crippen LogP contribution is 2.53. The minimum absolute atomic E-state index is 0.294. The molecule has 2 aromatic carbocycles. The van der Waals surface area contributed by atoms with Gasteiger partial charge in [0.1, 0.15) is 5.54 Å². The van der Waals surface area contributed by atoms with E-state index in [1.165, 1.54) is 4.90 Å². The van der Waals surface area contributed by atoms with Crippen LogP contribution in [0.15, 0.2) is 48.5 Å². The van der Waals surface area contributed by atoms with E-state index in [0.29, 0.717) is 22.0 Å². The Labute approximate surface area is 160 Å². The second-order valence-electron chi connectivity index (χ2n) is 7.24. The van der Waals surface area contributed by atoms with Crippen LogP contribution in [0.2, 0.25) is 5.02 Å². The van der Waals surface area contributed by atoms with Crippen molar-refractivity contribution in [1.82, 2.24) is 5.32 Å². The van der Waals surface area contributed by atoms with Crippen LogP contribution in [0.4, 0.5) is 11.4 Å². The lowest BCUT2D eigenvalue weighted by Gasteiger charge is -2.29. The van der Waals surface area contributed by atoms with Crippen molar-refractivity contribution in [2.24, 2.45) is 11.8 Å². The Kier molecular flexibility index (Phi) is 3.30. The van der Waals surface area contributed by atoms with Gasteiger partial charge in [-0.25, -0.2) is 4.90 Å². The van der Waals surface area contributed by atoms with Crippen LogP contribution >= 0.6 is 11.6 Å². The summed E-state index contributed by atoms with van der Waals surface area (Å²) in [7, 11) is 0. The number of rotatable bonds is 1. The number of nitrogens with zero attached hydrogens (tertiary/aromatic N) is 1. The maximum absolute atomic E-state index is 13.4. The number of amides is 3. The summed E-state index contributed by atoms with van der Waals surface area (Å²) >= 11 is 6.05. The van der Waals surface area contributed by atoms with Gasteiger partial charge in [-0.1, -0.05) is 35.9 Å². The molecule has 27 heavy (non-hydrogen) atoms. The molecule has 2 aromatic rings. The molecule has 0 radical (unpaired) electrons. The molecule has 0 saturated carbocycles. The molecule has 3 heterocycles. The van der Waals surface area contributed by atoms with Crippen molar-refractivity contribution in [2.45, 2.75) is 18.5 Å². The highest BCUT2D eigenvalue weighted by atomic mass is 35.5. The Morgan fingerprint density at radius 1 is 1.04 bits per heavy atom. The fourth-order valence-electron chi connectivity index (χ4n) is 4.79. The molecular weight excluding hydrogens is 366 g/mol. The van der Waals surface area contributed by atoms with Crippen LogP contribution in [0, 0.1) is 11.8 Å². The minimum atomic E-state index is -1.24. The zero-order chi connectivity index (χ0) is 18.9. The molecule has 6 nitrogen and oxygen atoms in total. The third-order valence-corrected chi connectivity index (χ3v) is 6.07. The molecule has 0 bridgehead atoms. The number of hydrogen-bond donors (Lipinski definition) is 2. The number of anilines is 2. The first kappa shape index (κ1) is 16.5. The molecular formula is C20H16ClN3O3. The summed E-state index contributed by atoms with van der Waals surface area (Å²) in [5.41, 5.74) is 0.578. The molecule has 7 heteroatoms. The first-order valence-electron chi connectivity index (χ1n) is 8.77. The third-order valence-electron chi connectivity index (χ3n) is 5.84. The lowest BCUT2D eigenvalue weighted by molar-refractivity contribution is -0.130. The van der Waals surface area contributed by atoms with E-state index < -0.39 is 17.4 Å². The summed E-state index contributed by atoms with van der Waals surface area (Å²) in [6, 6.07) is 13.6. The first-order chi connectivity index (χ1) is 12.9. The highest BCUT2D eigenvalue weighted by Gasteiger charge is 2.69. The summed E-state index contributed by atoms with van der Waals surface area (Å²) in [6.07, 6.45) is 0. The number of para-hydroxylation sites is 1. The van der Waals surface area contributed by atoms with Crippen molar-refractivity contribution in [3.63, 3.8) is 0 Å². The zero-order valence-corrected chi connectivity index (χ0v) is 15.2. The van der Waals surface area contributed by atoms with E-state index in [-0.39, 0.29) is 23.8 Å². The van der Waals surface area contributed by atoms with Gasteiger partial charge >= 0.3 is 0 Å². The van der Waals surface area contributed by atoms with Crippen LogP contribution in [-0.4, -0.2) is 23.8 Å². The average molecular weight is 382 g/mol. The lowest BCUT2D eigenvalue weighted by atomic mass is 9.76. The first-order valence-corrected chi connectivity index (χ1v) is 9.15. The SMILES string of the molecule is C[C@@H]1N[C@@]2(C(=O)Nc3ccccc32)[C@@H]2C(=O)N(c3cccc(Cl)c3)C(=O)[C@H]12. The summed E-state index contributed by atoms with van der Waals surface area (Å²) in [6.45, 7) is 1.84. The molecule has 3 aliphatic heterocycles. The van der Waals surface area contributed by atoms with Crippen molar-refractivity contribution in [1.29, 1.82) is 0 Å². The van der Waals surface area contributed by atoms with Crippen LogP contribution in [0.25, 0.3) is 0 Å². The summed E-state index contributed by atoms with van der Waals surface area (Å²) in [4.78, 5) is 40.8. The number of benzene rings is 2. The second kappa shape index (κ2) is 5.41. The molecule has 1 spiro atoms. The van der Waals surface area contributed by atoms with Gasteiger partial charge in [0.15, 0.2) is 0 Å². The number of halogens is 1. The van der Waals surface area contributed by atoms with Gasteiger partial charge in [-0.2, -0.15) is 0 Å². The summed E-state index contributed by atoms with van der Waals surface area (Å²) in [5, 5.41) is 6.57. The molecule has 2 saturated heterocycles. The zero-order valence-electron chi connectivity index (χ0n) is 14.4. The van der Waals surface area contributed by atoms with Crippen LogP contribution in [0.5, 0.6) is 0 Å². The van der Waals surface area contributed by atoms with Gasteiger partial charge in [0.2, 0.25) is 17.7 Å². The van der Waals surface area contributed by atoms with E-state index in [9.17, 15) is 14.4 Å². The fourth-order valence-corrected chi connectivity index (χ4v) is 4.97. The number of hydrogen-bond acceptors (Lipinski definition) is 4. The molecule has 4 atom stereocenters. The normalized spacial score (nSPS) is 31.4. The van der Waals surface area contributed by atoms with Gasteiger partial charge in [0.05, 0.1) is 17.5 Å². The monoisotopic (exact) mass is 381 g/mol. The summed E-state index contributed by atoms with van der Waals surface area (Å²) < 4.78 is 0. The predicted octanol–water partition coefficient (Wildman–Crippen LogP) is 2.28. The molecule has 2 N–H and O–H groups in total. The van der Waals surface area contributed by atoms with E-state index in [0.717, 1.165) is 0 Å². The van der Waals surface area contributed by atoms with Crippen molar-refractivity contribution >= 4 is 40.7 Å². The predicted molar refractivity (Wildman–Crippen MR) is 100 cm³/mol. The number of carbonyl (C=O) groups is 3. The Balaban J connectivity index is 1.67. The van der Waals surface area contributed by atoms with Gasteiger partial charge in [-0.05, 0) is 31.2 Å². The fraction of sp³-hybridized carbons (Fsp3) is 0.250. The Bertz CT molecular complexity index is 1020. The Hall–Kier alpha value is -2.70. The van der Waals surface area contributed by atoms with Gasteiger partial charge in [-0.3, -0.25) is 19.7 Å². The standard InChI is InChI=1S/C20H16ClN3O3/c1-10-15-16(18(26)24(17(15)25)12-6-4-5-11(21)9-12)20(23-10)13-7-2-3-8-14(13)22-19(20)27/h2-10,15-16,23H,1H3,(H,22,27)/t10-,15+,16-,20+/m0/s1. The molecule has 0 unspecified atom stereocenters. The van der Waals surface area contributed by atoms with Gasteiger partial charge in [0.25, 0.3) is 0 Å². The molecule has 3 aliphatic rings. The average Bonchev–Trinajstić information content (AvgIpc) is 3.20. The molecule has 2 fully saturated rings. The largest absolute Gasteiger partial charge is 0.324 e. The lowest BCUT2D eigenvalue weighted by Crippen LogP contribution is -2.53. The van der Waals surface area contributed by atoms with Crippen LogP contribution in [-0.2, 0) is 19.9 Å². The second-order valence-corrected chi connectivity index (χ2v) is 7.67. The van der Waals surface area contributed by atoms with E-state index >= 15 is 0 Å². The molecule has 0 aromatic heterocycles. The smallest absolute Gasteiger partial charge is 0.250 e. The van der Waals surface area contributed by atoms with Gasteiger partial charge in [-0.15, -0.1) is 0 Å². The Morgan fingerprint density at radius 2 is 1.81 bits per heavy atom. The maximum Gasteiger partial charge on any atom is 0.250 e. The Morgan fingerprint density at radius 3 is 2.59 bits per heavy atom. The van der Waals surface area contributed by atoms with Crippen LogP contribution in [0.1, 0.15) is 12.5 Å². The van der Waals surface area contributed by atoms with Crippen molar-refractivity contribution in [2.75, 3.05) is 10.2 Å². The van der Waals surface area contributed by atoms with E-state index in [1.54, 1.807) is 30.3 Å². The summed E-state index contributed by atoms with van der Waals surface area (Å²) in [5.74, 6) is -2.40. The number of fused-ring (bicyclic) bond motifs is 4. The molecule has 5 rings (SSSR count). The van der Waals surface area contributed by atoms with E-state index in [2.05, 4.69) is 10.6 Å². The van der Waals surface area contributed by atoms with Gasteiger partial charge < -0.3 is 5.32 Å². The molecule has 3 amide bonds. The quantitative estimate of drug-likeness (QED) is 0.743. The van der Waals surface area contributed by atoms with Crippen LogP contribution in [0.3, 0.4) is 0 Å². The number of nitrogens with one attached hydrogen (secondary N) is 2. The van der Waals surface area contributed by atoms with E-state index in [4.69, 9.17) is 11.6 Å². The number of carbonyl (C=O) groups excluding carboxylic acids is 3.